The van der Waals surface area contributed by atoms with Gasteiger partial charge in [-0.1, -0.05) is 26.0 Å². The number of anilines is 2. The van der Waals surface area contributed by atoms with Crippen LogP contribution < -0.4 is 31.4 Å². The largest absolute Gasteiger partial charge is 0.493 e. The first kappa shape index (κ1) is 24.0. The molecule has 0 aliphatic carbocycles. The summed E-state index contributed by atoms with van der Waals surface area (Å²) in [5, 5.41) is 0. The Balaban J connectivity index is 2.38. The number of nitrogens with zero attached hydrogens (tertiary/aromatic N) is 2. The number of H-pyrrole nitrogens is 1. The predicted molar refractivity (Wildman–Crippen MR) is 118 cm³/mol. The topological polar surface area (TPSA) is 129 Å². The fourth-order valence-electron chi connectivity index (χ4n) is 3.07. The number of hydrogen-bond donors (Lipinski definition) is 2. The SMILES string of the molecule is COCCCN(C(=O)COc1ccccc1OC)c1c(N)n(CC(C)C)c(=O)[nH]c1=O. The number of aromatic amines is 1. The molecule has 0 saturated heterocycles. The van der Waals surface area contributed by atoms with Gasteiger partial charge in [-0.25, -0.2) is 4.79 Å². The molecule has 0 fully saturated rings. The average molecular weight is 434 g/mol. The highest BCUT2D eigenvalue weighted by Gasteiger charge is 2.25. The Morgan fingerprint density at radius 3 is 2.48 bits per heavy atom. The summed E-state index contributed by atoms with van der Waals surface area (Å²) in [4.78, 5) is 41.4. The number of carbonyl (C=O) groups is 1. The summed E-state index contributed by atoms with van der Waals surface area (Å²) in [5.74, 6) is 0.413. The zero-order chi connectivity index (χ0) is 23.0. The zero-order valence-electron chi connectivity index (χ0n) is 18.3. The first-order chi connectivity index (χ1) is 14.8. The number of nitrogens with two attached hydrogens (primary N) is 1. The number of hydrogen-bond acceptors (Lipinski definition) is 7. The Labute approximate surface area is 180 Å². The van der Waals surface area contributed by atoms with Gasteiger partial charge in [0.05, 0.1) is 7.11 Å². The van der Waals surface area contributed by atoms with Crippen LogP contribution in [0.4, 0.5) is 11.5 Å². The molecule has 31 heavy (non-hydrogen) atoms. The zero-order valence-corrected chi connectivity index (χ0v) is 18.3. The van der Waals surface area contributed by atoms with Crippen LogP contribution in [0, 0.1) is 5.92 Å². The van der Waals surface area contributed by atoms with Crippen LogP contribution in [0.25, 0.3) is 0 Å². The van der Waals surface area contributed by atoms with Gasteiger partial charge in [0.15, 0.2) is 23.8 Å². The summed E-state index contributed by atoms with van der Waals surface area (Å²) in [7, 11) is 3.04. The molecule has 170 valence electrons. The van der Waals surface area contributed by atoms with E-state index < -0.39 is 17.2 Å². The van der Waals surface area contributed by atoms with E-state index in [1.54, 1.807) is 31.4 Å². The van der Waals surface area contributed by atoms with Crippen molar-refractivity contribution >= 4 is 17.4 Å². The number of aromatic nitrogens is 2. The predicted octanol–water partition coefficient (Wildman–Crippen LogP) is 1.23. The summed E-state index contributed by atoms with van der Waals surface area (Å²) in [6.45, 7) is 4.32. The van der Waals surface area contributed by atoms with Gasteiger partial charge in [-0.05, 0) is 24.5 Å². The van der Waals surface area contributed by atoms with Gasteiger partial charge in [0, 0.05) is 26.8 Å². The van der Waals surface area contributed by atoms with E-state index in [-0.39, 0.29) is 30.6 Å². The van der Waals surface area contributed by atoms with E-state index in [0.29, 0.717) is 31.1 Å². The quantitative estimate of drug-likeness (QED) is 0.509. The van der Waals surface area contributed by atoms with Crippen LogP contribution in [0.15, 0.2) is 33.9 Å². The number of amides is 1. The number of nitrogens with one attached hydrogen (secondary N) is 1. The van der Waals surface area contributed by atoms with Crippen molar-refractivity contribution in [3.8, 4) is 11.5 Å². The second-order valence-corrected chi connectivity index (χ2v) is 7.33. The molecule has 1 aromatic carbocycles. The minimum Gasteiger partial charge on any atom is -0.493 e. The monoisotopic (exact) mass is 434 g/mol. The van der Waals surface area contributed by atoms with Crippen molar-refractivity contribution < 1.29 is 19.0 Å². The lowest BCUT2D eigenvalue weighted by molar-refractivity contribution is -0.120. The van der Waals surface area contributed by atoms with E-state index in [4.69, 9.17) is 19.9 Å². The van der Waals surface area contributed by atoms with E-state index in [0.717, 1.165) is 0 Å². The Hall–Kier alpha value is -3.27. The molecule has 0 bridgehead atoms. The maximum Gasteiger partial charge on any atom is 0.330 e. The van der Waals surface area contributed by atoms with E-state index in [1.807, 2.05) is 13.8 Å². The molecule has 1 aromatic heterocycles. The molecular weight excluding hydrogens is 404 g/mol. The molecule has 1 heterocycles. The van der Waals surface area contributed by atoms with Crippen molar-refractivity contribution in [2.45, 2.75) is 26.8 Å². The Morgan fingerprint density at radius 1 is 1.19 bits per heavy atom. The smallest absolute Gasteiger partial charge is 0.330 e. The fourth-order valence-corrected chi connectivity index (χ4v) is 3.07. The van der Waals surface area contributed by atoms with Gasteiger partial charge in [0.2, 0.25) is 0 Å². The van der Waals surface area contributed by atoms with Gasteiger partial charge in [0.25, 0.3) is 11.5 Å². The number of ether oxygens (including phenoxy) is 3. The molecule has 0 aliphatic rings. The van der Waals surface area contributed by atoms with Gasteiger partial charge >= 0.3 is 5.69 Å². The molecule has 0 unspecified atom stereocenters. The highest BCUT2D eigenvalue weighted by molar-refractivity contribution is 5.96. The third-order valence-electron chi connectivity index (χ3n) is 4.48. The molecular formula is C21H30N4O6. The Morgan fingerprint density at radius 2 is 1.87 bits per heavy atom. The number of benzene rings is 1. The summed E-state index contributed by atoms with van der Waals surface area (Å²) < 4.78 is 17.2. The highest BCUT2D eigenvalue weighted by Crippen LogP contribution is 2.26. The first-order valence-electron chi connectivity index (χ1n) is 9.97. The number of nitrogen functional groups attached to an aromatic ring is 1. The highest BCUT2D eigenvalue weighted by atomic mass is 16.5. The summed E-state index contributed by atoms with van der Waals surface area (Å²) in [6.07, 6.45) is 0.457. The van der Waals surface area contributed by atoms with Crippen LogP contribution in [0.1, 0.15) is 20.3 Å². The van der Waals surface area contributed by atoms with Gasteiger partial charge in [0.1, 0.15) is 5.82 Å². The third-order valence-corrected chi connectivity index (χ3v) is 4.48. The van der Waals surface area contributed by atoms with Crippen LogP contribution in [-0.2, 0) is 16.1 Å². The van der Waals surface area contributed by atoms with E-state index in [9.17, 15) is 14.4 Å². The molecule has 3 N–H and O–H groups in total. The summed E-state index contributed by atoms with van der Waals surface area (Å²) in [6, 6.07) is 6.91. The first-order valence-corrected chi connectivity index (χ1v) is 9.97. The van der Waals surface area contributed by atoms with E-state index in [1.165, 1.54) is 16.6 Å². The second-order valence-electron chi connectivity index (χ2n) is 7.33. The molecule has 2 rings (SSSR count). The van der Waals surface area contributed by atoms with Gasteiger partial charge in [-0.2, -0.15) is 0 Å². The van der Waals surface area contributed by atoms with E-state index >= 15 is 0 Å². The molecule has 0 atom stereocenters. The standard InChI is InChI=1S/C21H30N4O6/c1-14(2)12-25-19(22)18(20(27)23-21(25)28)24(10-7-11-29-3)17(26)13-31-16-9-6-5-8-15(16)30-4/h5-6,8-9,14H,7,10-13,22H2,1-4H3,(H,23,27,28). The van der Waals surface area contributed by atoms with Crippen LogP contribution >= 0.6 is 0 Å². The minimum atomic E-state index is -0.731. The van der Waals surface area contributed by atoms with Crippen LogP contribution in [-0.4, -0.2) is 49.4 Å². The normalized spacial score (nSPS) is 10.9. The Kier molecular flexibility index (Phi) is 8.68. The van der Waals surface area contributed by atoms with Gasteiger partial charge in [-0.3, -0.25) is 19.1 Å². The lowest BCUT2D eigenvalue weighted by atomic mass is 10.2. The van der Waals surface area contributed by atoms with E-state index in [2.05, 4.69) is 4.98 Å². The molecule has 0 radical (unpaired) electrons. The molecule has 0 aliphatic heterocycles. The van der Waals surface area contributed by atoms with Crippen LogP contribution in [0.2, 0.25) is 0 Å². The van der Waals surface area contributed by atoms with Crippen molar-refractivity contribution in [1.29, 1.82) is 0 Å². The minimum absolute atomic E-state index is 0.0643. The fraction of sp³-hybridized carbons (Fsp3) is 0.476. The average Bonchev–Trinajstić information content (AvgIpc) is 2.73. The van der Waals surface area contributed by atoms with Crippen molar-refractivity contribution in [2.75, 3.05) is 44.6 Å². The number of rotatable bonds is 11. The number of methoxy groups -OCH3 is 2. The summed E-state index contributed by atoms with van der Waals surface area (Å²) >= 11 is 0. The van der Waals surface area contributed by atoms with Crippen molar-refractivity contribution in [2.24, 2.45) is 5.92 Å². The van der Waals surface area contributed by atoms with Gasteiger partial charge in [-0.15, -0.1) is 0 Å². The molecule has 10 nitrogen and oxygen atoms in total. The Bertz CT molecular complexity index is 998. The van der Waals surface area contributed by atoms with Crippen molar-refractivity contribution in [3.63, 3.8) is 0 Å². The molecule has 0 spiro atoms. The van der Waals surface area contributed by atoms with Crippen molar-refractivity contribution in [3.05, 3.63) is 45.1 Å². The molecule has 1 amide bonds. The number of carbonyl (C=O) groups excluding carboxylic acids is 1. The third kappa shape index (κ3) is 6.11. The van der Waals surface area contributed by atoms with Crippen molar-refractivity contribution in [1.82, 2.24) is 9.55 Å². The lowest BCUT2D eigenvalue weighted by Crippen LogP contribution is -2.43. The molecule has 10 heteroatoms. The molecule has 2 aromatic rings. The molecule has 0 saturated carbocycles. The summed E-state index contributed by atoms with van der Waals surface area (Å²) in [5.41, 5.74) is 4.76. The van der Waals surface area contributed by atoms with Crippen LogP contribution in [0.5, 0.6) is 11.5 Å². The van der Waals surface area contributed by atoms with Gasteiger partial charge < -0.3 is 24.8 Å². The second kappa shape index (κ2) is 11.2. The lowest BCUT2D eigenvalue weighted by Gasteiger charge is -2.25. The van der Waals surface area contributed by atoms with Crippen LogP contribution in [0.3, 0.4) is 0 Å². The number of para-hydroxylation sites is 2. The maximum absolute atomic E-state index is 13.1. The maximum atomic E-state index is 13.1.